The van der Waals surface area contributed by atoms with E-state index in [1.807, 2.05) is 18.2 Å². The van der Waals surface area contributed by atoms with Gasteiger partial charge in [-0.25, -0.2) is 0 Å². The molecule has 0 radical (unpaired) electrons. The van der Waals surface area contributed by atoms with Crippen molar-refractivity contribution in [2.75, 3.05) is 5.32 Å². The highest BCUT2D eigenvalue weighted by molar-refractivity contribution is 5.95. The fourth-order valence-electron chi connectivity index (χ4n) is 6.40. The molecule has 1 aliphatic heterocycles. The van der Waals surface area contributed by atoms with Crippen LogP contribution in [0.4, 0.5) is 5.69 Å². The summed E-state index contributed by atoms with van der Waals surface area (Å²) in [7, 11) is 0. The molecule has 6 rings (SSSR count). The molecular weight excluding hydrogens is 382 g/mol. The average molecular weight is 410 g/mol. The third-order valence-electron chi connectivity index (χ3n) is 7.71. The Bertz CT molecular complexity index is 1100. The lowest BCUT2D eigenvalue weighted by Crippen LogP contribution is -2.35. The predicted octanol–water partition coefficient (Wildman–Crippen LogP) is 5.31. The van der Waals surface area contributed by atoms with Gasteiger partial charge in [-0.05, 0) is 90.0 Å². The molecule has 2 aliphatic carbocycles. The van der Waals surface area contributed by atoms with Crippen molar-refractivity contribution in [1.29, 1.82) is 0 Å². The van der Waals surface area contributed by atoms with Crippen LogP contribution >= 0.6 is 0 Å². The second kappa shape index (κ2) is 7.52. The summed E-state index contributed by atoms with van der Waals surface area (Å²) in [6.07, 6.45) is 7.51. The Morgan fingerprint density at radius 1 is 1.00 bits per heavy atom. The van der Waals surface area contributed by atoms with E-state index in [2.05, 4.69) is 58.1 Å². The number of hydrogen-bond acceptors (Lipinski definition) is 3. The van der Waals surface area contributed by atoms with Gasteiger partial charge in [-0.15, -0.1) is 0 Å². The minimum Gasteiger partial charge on any atom is -0.378 e. The standard InChI is InChI=1S/C27H27N3O/c31-27(29-16-17-10-12-28-13-11-17)21-8-9-23-22(15-21)24-19-6-7-20(14-19)25(24)26(30-23)18-4-2-1-3-5-18/h1-5,8-13,15,19-20,24-26,30H,6-7,14,16H2,(H,29,31)/t19-,20-,24-,25+,26-/m0/s1. The number of hydrogen-bond donors (Lipinski definition) is 2. The highest BCUT2D eigenvalue weighted by Gasteiger charge is 2.53. The molecule has 2 aromatic carbocycles. The molecule has 3 aromatic rings. The van der Waals surface area contributed by atoms with Crippen LogP contribution in [-0.2, 0) is 6.54 Å². The molecule has 1 aromatic heterocycles. The first-order valence-corrected chi connectivity index (χ1v) is 11.4. The molecule has 0 saturated heterocycles. The van der Waals surface area contributed by atoms with E-state index in [0.717, 1.165) is 23.0 Å². The lowest BCUT2D eigenvalue weighted by atomic mass is 9.68. The van der Waals surface area contributed by atoms with Crippen molar-refractivity contribution in [3.8, 4) is 0 Å². The van der Waals surface area contributed by atoms with Crippen molar-refractivity contribution < 1.29 is 4.79 Å². The molecule has 4 heteroatoms. The molecule has 1 amide bonds. The van der Waals surface area contributed by atoms with Gasteiger partial charge >= 0.3 is 0 Å². The Labute approximate surface area is 183 Å². The molecule has 2 bridgehead atoms. The minimum absolute atomic E-state index is 0.00972. The normalized spacial score (nSPS) is 27.8. The van der Waals surface area contributed by atoms with E-state index in [9.17, 15) is 4.79 Å². The van der Waals surface area contributed by atoms with Gasteiger partial charge in [-0.3, -0.25) is 9.78 Å². The number of aromatic nitrogens is 1. The number of anilines is 1. The quantitative estimate of drug-likeness (QED) is 0.614. The number of amides is 1. The molecule has 2 saturated carbocycles. The Hall–Kier alpha value is -3.14. The molecule has 4 nitrogen and oxygen atoms in total. The summed E-state index contributed by atoms with van der Waals surface area (Å²) in [6.45, 7) is 0.517. The van der Waals surface area contributed by atoms with Gasteiger partial charge in [-0.1, -0.05) is 30.3 Å². The number of nitrogens with zero attached hydrogens (tertiary/aromatic N) is 1. The first kappa shape index (κ1) is 18.6. The van der Waals surface area contributed by atoms with E-state index in [0.29, 0.717) is 24.4 Å². The fourth-order valence-corrected chi connectivity index (χ4v) is 6.40. The summed E-state index contributed by atoms with van der Waals surface area (Å²) in [4.78, 5) is 16.9. The second-order valence-corrected chi connectivity index (χ2v) is 9.31. The molecule has 2 fully saturated rings. The van der Waals surface area contributed by atoms with Crippen LogP contribution in [0.1, 0.15) is 58.3 Å². The van der Waals surface area contributed by atoms with E-state index in [-0.39, 0.29) is 5.91 Å². The average Bonchev–Trinajstić information content (AvgIpc) is 3.46. The summed E-state index contributed by atoms with van der Waals surface area (Å²) in [5.41, 5.74) is 5.75. The highest BCUT2D eigenvalue weighted by atomic mass is 16.1. The minimum atomic E-state index is -0.00972. The third-order valence-corrected chi connectivity index (χ3v) is 7.71. The van der Waals surface area contributed by atoms with Gasteiger partial charge in [-0.2, -0.15) is 0 Å². The summed E-state index contributed by atoms with van der Waals surface area (Å²) < 4.78 is 0. The van der Waals surface area contributed by atoms with Crippen molar-refractivity contribution in [3.05, 3.63) is 95.3 Å². The van der Waals surface area contributed by atoms with Crippen molar-refractivity contribution >= 4 is 11.6 Å². The fraction of sp³-hybridized carbons (Fsp3) is 0.333. The maximum atomic E-state index is 12.9. The smallest absolute Gasteiger partial charge is 0.251 e. The lowest BCUT2D eigenvalue weighted by Gasteiger charge is -2.43. The zero-order valence-electron chi connectivity index (χ0n) is 17.5. The number of rotatable bonds is 4. The van der Waals surface area contributed by atoms with Gasteiger partial charge in [0.2, 0.25) is 0 Å². The zero-order valence-corrected chi connectivity index (χ0v) is 17.5. The topological polar surface area (TPSA) is 54.0 Å². The predicted molar refractivity (Wildman–Crippen MR) is 122 cm³/mol. The molecule has 0 spiro atoms. The van der Waals surface area contributed by atoms with Crippen molar-refractivity contribution in [2.24, 2.45) is 17.8 Å². The first-order valence-electron chi connectivity index (χ1n) is 11.4. The van der Waals surface area contributed by atoms with E-state index >= 15 is 0 Å². The summed E-state index contributed by atoms with van der Waals surface area (Å²) in [5, 5.41) is 6.92. The van der Waals surface area contributed by atoms with E-state index < -0.39 is 0 Å². The molecule has 2 N–H and O–H groups in total. The van der Waals surface area contributed by atoms with Crippen LogP contribution in [0.2, 0.25) is 0 Å². The van der Waals surface area contributed by atoms with Gasteiger partial charge in [0.15, 0.2) is 0 Å². The SMILES string of the molecule is O=C(NCc1ccncc1)c1ccc2c(c1)[C@@H]1[C@H]3CC[C@@H](C3)[C@H]1[C@H](c1ccccc1)N2. The van der Waals surface area contributed by atoms with E-state index in [4.69, 9.17) is 0 Å². The third kappa shape index (κ3) is 3.21. The maximum Gasteiger partial charge on any atom is 0.251 e. The Balaban J connectivity index is 1.30. The summed E-state index contributed by atoms with van der Waals surface area (Å²) >= 11 is 0. The van der Waals surface area contributed by atoms with Crippen LogP contribution in [0, 0.1) is 17.8 Å². The van der Waals surface area contributed by atoms with Crippen LogP contribution < -0.4 is 10.6 Å². The van der Waals surface area contributed by atoms with Crippen LogP contribution in [0.3, 0.4) is 0 Å². The van der Waals surface area contributed by atoms with Gasteiger partial charge in [0.25, 0.3) is 5.91 Å². The Morgan fingerprint density at radius 2 is 1.81 bits per heavy atom. The number of fused-ring (bicyclic) bond motifs is 7. The monoisotopic (exact) mass is 409 g/mol. The number of pyridine rings is 1. The Morgan fingerprint density at radius 3 is 2.65 bits per heavy atom. The first-order chi connectivity index (χ1) is 15.3. The van der Waals surface area contributed by atoms with Gasteiger partial charge < -0.3 is 10.6 Å². The molecular formula is C27H27N3O. The van der Waals surface area contributed by atoms with Crippen LogP contribution in [0.15, 0.2) is 73.1 Å². The number of nitrogens with one attached hydrogen (secondary N) is 2. The van der Waals surface area contributed by atoms with Crippen LogP contribution in [0.25, 0.3) is 0 Å². The van der Waals surface area contributed by atoms with Crippen LogP contribution in [-0.4, -0.2) is 10.9 Å². The van der Waals surface area contributed by atoms with Crippen LogP contribution in [0.5, 0.6) is 0 Å². The molecule has 3 aliphatic rings. The van der Waals surface area contributed by atoms with Gasteiger partial charge in [0.05, 0.1) is 6.04 Å². The molecule has 0 unspecified atom stereocenters. The largest absolute Gasteiger partial charge is 0.378 e. The zero-order chi connectivity index (χ0) is 20.8. The Kier molecular flexibility index (Phi) is 4.52. The van der Waals surface area contributed by atoms with Gasteiger partial charge in [0.1, 0.15) is 0 Å². The number of benzene rings is 2. The van der Waals surface area contributed by atoms with E-state index in [1.54, 1.807) is 12.4 Å². The van der Waals surface area contributed by atoms with Crippen molar-refractivity contribution in [3.63, 3.8) is 0 Å². The molecule has 156 valence electrons. The number of carbonyl (C=O) groups excluding carboxylic acids is 1. The molecule has 2 heterocycles. The summed E-state index contributed by atoms with van der Waals surface area (Å²) in [6, 6.07) is 21.4. The lowest BCUT2D eigenvalue weighted by molar-refractivity contribution is 0.0950. The molecule has 5 atom stereocenters. The number of carbonyl (C=O) groups is 1. The van der Waals surface area contributed by atoms with E-state index in [1.165, 1.54) is 36.1 Å². The summed E-state index contributed by atoms with van der Waals surface area (Å²) in [5.74, 6) is 2.68. The van der Waals surface area contributed by atoms with Crippen molar-refractivity contribution in [2.45, 2.75) is 37.8 Å². The highest BCUT2D eigenvalue weighted by Crippen LogP contribution is 2.63. The molecule has 31 heavy (non-hydrogen) atoms. The second-order valence-electron chi connectivity index (χ2n) is 9.31. The maximum absolute atomic E-state index is 12.9. The van der Waals surface area contributed by atoms with Gasteiger partial charge in [0, 0.05) is 30.2 Å². The van der Waals surface area contributed by atoms with Crippen molar-refractivity contribution in [1.82, 2.24) is 10.3 Å².